The molecule has 0 radical (unpaired) electrons. The van der Waals surface area contributed by atoms with Gasteiger partial charge in [0.15, 0.2) is 0 Å². The van der Waals surface area contributed by atoms with Crippen molar-refractivity contribution in [2.45, 2.75) is 26.4 Å². The first-order chi connectivity index (χ1) is 8.19. The largest absolute Gasteiger partial charge is 0.494 e. The van der Waals surface area contributed by atoms with Gasteiger partial charge in [0.25, 0.3) is 0 Å². The molecule has 1 atom stereocenters. The predicted octanol–water partition coefficient (Wildman–Crippen LogP) is 1.31. The fourth-order valence-electron chi connectivity index (χ4n) is 1.52. The molecule has 0 fully saturated rings. The third-order valence-corrected chi connectivity index (χ3v) is 2.51. The Hall–Kier alpha value is -1.55. The Morgan fingerprint density at radius 2 is 2.12 bits per heavy atom. The van der Waals surface area contributed by atoms with E-state index in [2.05, 4.69) is 10.6 Å². The molecular formula is C13H20N2O2. The second kappa shape index (κ2) is 6.91. The van der Waals surface area contributed by atoms with Gasteiger partial charge < -0.3 is 15.4 Å². The third-order valence-electron chi connectivity index (χ3n) is 2.51. The molecule has 17 heavy (non-hydrogen) atoms. The molecular weight excluding hydrogens is 216 g/mol. The van der Waals surface area contributed by atoms with Crippen molar-refractivity contribution in [1.29, 1.82) is 0 Å². The predicted molar refractivity (Wildman–Crippen MR) is 68.0 cm³/mol. The number of rotatable bonds is 6. The molecule has 1 amide bonds. The molecule has 0 aliphatic rings. The van der Waals surface area contributed by atoms with E-state index in [4.69, 9.17) is 4.74 Å². The number of likely N-dealkylation sites (N-methyl/N-ethyl adjacent to an activating group) is 1. The second-order valence-electron chi connectivity index (χ2n) is 3.76. The maximum atomic E-state index is 11.3. The molecule has 1 unspecified atom stereocenters. The number of carbonyl (C=O) groups excluding carboxylic acids is 1. The quantitative estimate of drug-likeness (QED) is 0.783. The number of benzene rings is 1. The van der Waals surface area contributed by atoms with Crippen LogP contribution in [-0.4, -0.2) is 25.6 Å². The van der Waals surface area contributed by atoms with E-state index >= 15 is 0 Å². The van der Waals surface area contributed by atoms with Crippen LogP contribution >= 0.6 is 0 Å². The highest BCUT2D eigenvalue weighted by atomic mass is 16.5. The van der Waals surface area contributed by atoms with Gasteiger partial charge in [0.05, 0.1) is 12.6 Å². The minimum Gasteiger partial charge on any atom is -0.494 e. The van der Waals surface area contributed by atoms with Gasteiger partial charge >= 0.3 is 0 Å². The van der Waals surface area contributed by atoms with Crippen LogP contribution < -0.4 is 15.4 Å². The molecule has 0 spiro atoms. The van der Waals surface area contributed by atoms with Crippen molar-refractivity contribution in [1.82, 2.24) is 10.6 Å². The second-order valence-corrected chi connectivity index (χ2v) is 3.76. The Morgan fingerprint density at radius 3 is 2.76 bits per heavy atom. The highest BCUT2D eigenvalue weighted by molar-refractivity contribution is 5.80. The van der Waals surface area contributed by atoms with Gasteiger partial charge in [0.2, 0.25) is 5.91 Å². The van der Waals surface area contributed by atoms with Gasteiger partial charge in [0.1, 0.15) is 5.75 Å². The van der Waals surface area contributed by atoms with Gasteiger partial charge in [-0.15, -0.1) is 0 Å². The van der Waals surface area contributed by atoms with E-state index in [0.29, 0.717) is 13.2 Å². The summed E-state index contributed by atoms with van der Waals surface area (Å²) >= 11 is 0. The van der Waals surface area contributed by atoms with Crippen molar-refractivity contribution in [3.8, 4) is 5.75 Å². The summed E-state index contributed by atoms with van der Waals surface area (Å²) in [6.07, 6.45) is 0. The average Bonchev–Trinajstić information content (AvgIpc) is 2.36. The van der Waals surface area contributed by atoms with E-state index in [1.807, 2.05) is 38.1 Å². The maximum Gasteiger partial charge on any atom is 0.236 e. The Morgan fingerprint density at radius 1 is 1.41 bits per heavy atom. The molecule has 4 heteroatoms. The summed E-state index contributed by atoms with van der Waals surface area (Å²) in [5.41, 5.74) is 1.06. The standard InChI is InChI=1S/C13H20N2O2/c1-4-17-12-8-6-5-7-11(12)9-15-10(2)13(16)14-3/h5-8,10,15H,4,9H2,1-3H3,(H,14,16). The minimum atomic E-state index is -0.213. The van der Waals surface area contributed by atoms with Gasteiger partial charge in [-0.05, 0) is 19.9 Å². The van der Waals surface area contributed by atoms with E-state index < -0.39 is 0 Å². The number of hydrogen-bond donors (Lipinski definition) is 2. The Kier molecular flexibility index (Phi) is 5.49. The van der Waals surface area contributed by atoms with Crippen LogP contribution in [0.1, 0.15) is 19.4 Å². The third kappa shape index (κ3) is 4.07. The molecule has 0 aliphatic heterocycles. The zero-order valence-electron chi connectivity index (χ0n) is 10.6. The highest BCUT2D eigenvalue weighted by Gasteiger charge is 2.10. The van der Waals surface area contributed by atoms with Crippen LogP contribution in [0.3, 0.4) is 0 Å². The van der Waals surface area contributed by atoms with Crippen molar-refractivity contribution in [3.05, 3.63) is 29.8 Å². The SMILES string of the molecule is CCOc1ccccc1CNC(C)C(=O)NC. The lowest BCUT2D eigenvalue weighted by Gasteiger charge is -2.14. The van der Waals surface area contributed by atoms with Crippen LogP contribution in [0.25, 0.3) is 0 Å². The summed E-state index contributed by atoms with van der Waals surface area (Å²) in [6.45, 7) is 5.05. The monoisotopic (exact) mass is 236 g/mol. The highest BCUT2D eigenvalue weighted by Crippen LogP contribution is 2.17. The number of hydrogen-bond acceptors (Lipinski definition) is 3. The first-order valence-electron chi connectivity index (χ1n) is 5.84. The van der Waals surface area contributed by atoms with Crippen LogP contribution in [0.2, 0.25) is 0 Å². The fourth-order valence-corrected chi connectivity index (χ4v) is 1.52. The lowest BCUT2D eigenvalue weighted by Crippen LogP contribution is -2.40. The van der Waals surface area contributed by atoms with E-state index in [1.165, 1.54) is 0 Å². The molecule has 0 bridgehead atoms. The first kappa shape index (κ1) is 13.5. The van der Waals surface area contributed by atoms with Gasteiger partial charge in [-0.3, -0.25) is 4.79 Å². The Bertz CT molecular complexity index is 366. The lowest BCUT2D eigenvalue weighted by atomic mass is 10.2. The molecule has 0 aliphatic carbocycles. The summed E-state index contributed by atoms with van der Waals surface area (Å²) in [5, 5.41) is 5.76. The molecule has 4 nitrogen and oxygen atoms in total. The first-order valence-corrected chi connectivity index (χ1v) is 5.84. The number of carbonyl (C=O) groups is 1. The van der Waals surface area contributed by atoms with Crippen molar-refractivity contribution >= 4 is 5.91 Å². The van der Waals surface area contributed by atoms with E-state index in [1.54, 1.807) is 7.05 Å². The van der Waals surface area contributed by atoms with Crippen LogP contribution in [0, 0.1) is 0 Å². The number of para-hydroxylation sites is 1. The summed E-state index contributed by atoms with van der Waals surface area (Å²) < 4.78 is 5.52. The van der Waals surface area contributed by atoms with E-state index in [0.717, 1.165) is 11.3 Å². The number of amides is 1. The van der Waals surface area contributed by atoms with Crippen molar-refractivity contribution in [3.63, 3.8) is 0 Å². The average molecular weight is 236 g/mol. The molecule has 1 rings (SSSR count). The Balaban J connectivity index is 2.59. The van der Waals surface area contributed by atoms with Crippen LogP contribution in [0.5, 0.6) is 5.75 Å². The van der Waals surface area contributed by atoms with Crippen molar-refractivity contribution in [2.75, 3.05) is 13.7 Å². The van der Waals surface area contributed by atoms with Gasteiger partial charge in [-0.2, -0.15) is 0 Å². The minimum absolute atomic E-state index is 0.0149. The normalized spacial score (nSPS) is 11.9. The number of ether oxygens (including phenoxy) is 1. The van der Waals surface area contributed by atoms with Gasteiger partial charge in [-0.25, -0.2) is 0 Å². The molecule has 0 aromatic heterocycles. The van der Waals surface area contributed by atoms with E-state index in [9.17, 15) is 4.79 Å². The smallest absolute Gasteiger partial charge is 0.236 e. The maximum absolute atomic E-state index is 11.3. The van der Waals surface area contributed by atoms with Crippen LogP contribution in [0.4, 0.5) is 0 Å². The van der Waals surface area contributed by atoms with Crippen LogP contribution in [-0.2, 0) is 11.3 Å². The zero-order valence-corrected chi connectivity index (χ0v) is 10.6. The zero-order chi connectivity index (χ0) is 12.7. The van der Waals surface area contributed by atoms with Gasteiger partial charge in [-0.1, -0.05) is 18.2 Å². The van der Waals surface area contributed by atoms with Gasteiger partial charge in [0, 0.05) is 19.2 Å². The van der Waals surface area contributed by atoms with Crippen molar-refractivity contribution < 1.29 is 9.53 Å². The Labute approximate surface area is 102 Å². The molecule has 1 aromatic rings. The summed E-state index contributed by atoms with van der Waals surface area (Å²) in [7, 11) is 1.63. The van der Waals surface area contributed by atoms with Crippen LogP contribution in [0.15, 0.2) is 24.3 Å². The molecule has 0 heterocycles. The van der Waals surface area contributed by atoms with Crippen molar-refractivity contribution in [2.24, 2.45) is 0 Å². The molecule has 1 aromatic carbocycles. The fraction of sp³-hybridized carbons (Fsp3) is 0.462. The summed E-state index contributed by atoms with van der Waals surface area (Å²) in [6, 6.07) is 7.62. The summed E-state index contributed by atoms with van der Waals surface area (Å²) in [5.74, 6) is 0.852. The molecule has 0 saturated carbocycles. The van der Waals surface area contributed by atoms with E-state index in [-0.39, 0.29) is 11.9 Å². The number of nitrogens with one attached hydrogen (secondary N) is 2. The summed E-state index contributed by atoms with van der Waals surface area (Å²) in [4.78, 5) is 11.3. The molecule has 94 valence electrons. The lowest BCUT2D eigenvalue weighted by molar-refractivity contribution is -0.122. The molecule has 0 saturated heterocycles. The topological polar surface area (TPSA) is 50.4 Å². The molecule has 2 N–H and O–H groups in total.